The highest BCUT2D eigenvalue weighted by atomic mass is 16.5. The van der Waals surface area contributed by atoms with E-state index >= 15 is 0 Å². The van der Waals surface area contributed by atoms with Crippen LogP contribution in [-0.2, 0) is 11.3 Å². The van der Waals surface area contributed by atoms with Crippen LogP contribution in [0.5, 0.6) is 6.01 Å². The molecular formula is C22H29N6O2. The summed E-state index contributed by atoms with van der Waals surface area (Å²) in [5, 5.41) is 3.45. The van der Waals surface area contributed by atoms with E-state index in [2.05, 4.69) is 38.2 Å². The molecule has 1 N–H and O–H groups in total. The number of nitrogens with one attached hydrogen (secondary N) is 1. The van der Waals surface area contributed by atoms with Gasteiger partial charge in [0.15, 0.2) is 17.0 Å². The topological polar surface area (TPSA) is 77.3 Å². The lowest BCUT2D eigenvalue weighted by molar-refractivity contribution is 0.0398. The van der Waals surface area contributed by atoms with Crippen molar-refractivity contribution in [3.63, 3.8) is 0 Å². The van der Waals surface area contributed by atoms with Crippen LogP contribution >= 0.6 is 0 Å². The van der Waals surface area contributed by atoms with Crippen LogP contribution in [0.1, 0.15) is 25.3 Å². The first kappa shape index (κ1) is 20.6. The number of anilines is 1. The van der Waals surface area contributed by atoms with E-state index in [1.165, 1.54) is 5.56 Å². The molecule has 30 heavy (non-hydrogen) atoms. The molecule has 4 rings (SSSR count). The average Bonchev–Trinajstić information content (AvgIpc) is 3.18. The second-order valence-corrected chi connectivity index (χ2v) is 7.39. The SMILES string of the molecule is CCCCOc1nc(NCCN2CCOCC2)c2ncn(Cc3cc[c]cc3)c2n1. The molecule has 1 aliphatic rings. The number of aromatic nitrogens is 4. The highest BCUT2D eigenvalue weighted by molar-refractivity contribution is 5.83. The van der Waals surface area contributed by atoms with Crippen molar-refractivity contribution in [1.82, 2.24) is 24.4 Å². The maximum atomic E-state index is 5.83. The predicted molar refractivity (Wildman–Crippen MR) is 116 cm³/mol. The fourth-order valence-corrected chi connectivity index (χ4v) is 3.42. The molecule has 159 valence electrons. The van der Waals surface area contributed by atoms with Gasteiger partial charge < -0.3 is 19.4 Å². The quantitative estimate of drug-likeness (QED) is 0.516. The van der Waals surface area contributed by atoms with Crippen LogP contribution in [0.25, 0.3) is 11.2 Å². The molecule has 0 saturated carbocycles. The molecule has 0 spiro atoms. The van der Waals surface area contributed by atoms with E-state index in [0.717, 1.165) is 69.2 Å². The van der Waals surface area contributed by atoms with Gasteiger partial charge in [0.2, 0.25) is 0 Å². The lowest BCUT2D eigenvalue weighted by Crippen LogP contribution is -2.39. The van der Waals surface area contributed by atoms with Gasteiger partial charge in [-0.15, -0.1) is 0 Å². The first-order valence-electron chi connectivity index (χ1n) is 10.7. The number of morpholine rings is 1. The number of ether oxygens (including phenoxy) is 2. The lowest BCUT2D eigenvalue weighted by atomic mass is 10.2. The van der Waals surface area contributed by atoms with Gasteiger partial charge in [-0.2, -0.15) is 9.97 Å². The number of benzene rings is 1. The first-order valence-corrected chi connectivity index (χ1v) is 10.7. The van der Waals surface area contributed by atoms with Crippen molar-refractivity contribution in [2.45, 2.75) is 26.3 Å². The molecule has 1 fully saturated rings. The van der Waals surface area contributed by atoms with Gasteiger partial charge in [-0.05, 0) is 18.1 Å². The van der Waals surface area contributed by atoms with Gasteiger partial charge in [-0.25, -0.2) is 4.98 Å². The summed E-state index contributed by atoms with van der Waals surface area (Å²) in [5.41, 5.74) is 2.71. The summed E-state index contributed by atoms with van der Waals surface area (Å²) in [7, 11) is 0. The van der Waals surface area contributed by atoms with E-state index in [4.69, 9.17) is 9.47 Å². The summed E-state index contributed by atoms with van der Waals surface area (Å²) < 4.78 is 13.3. The van der Waals surface area contributed by atoms with Crippen LogP contribution in [0.15, 0.2) is 30.6 Å². The van der Waals surface area contributed by atoms with Crippen molar-refractivity contribution < 1.29 is 9.47 Å². The fraction of sp³-hybridized carbons (Fsp3) is 0.500. The third-order valence-corrected chi connectivity index (χ3v) is 5.14. The third-order valence-electron chi connectivity index (χ3n) is 5.14. The molecule has 0 atom stereocenters. The van der Waals surface area contributed by atoms with Gasteiger partial charge in [0.25, 0.3) is 0 Å². The zero-order valence-corrected chi connectivity index (χ0v) is 17.5. The highest BCUT2D eigenvalue weighted by Crippen LogP contribution is 2.22. The Morgan fingerprint density at radius 3 is 2.83 bits per heavy atom. The Bertz CT molecular complexity index is 924. The zero-order valence-electron chi connectivity index (χ0n) is 17.5. The largest absolute Gasteiger partial charge is 0.463 e. The van der Waals surface area contributed by atoms with E-state index in [9.17, 15) is 0 Å². The molecule has 1 aliphatic heterocycles. The molecule has 0 amide bonds. The van der Waals surface area contributed by atoms with Crippen LogP contribution in [0.4, 0.5) is 5.82 Å². The zero-order chi connectivity index (χ0) is 20.6. The van der Waals surface area contributed by atoms with Crippen molar-refractivity contribution in [2.75, 3.05) is 51.3 Å². The van der Waals surface area contributed by atoms with Gasteiger partial charge in [-0.1, -0.05) is 37.6 Å². The normalized spacial score (nSPS) is 14.8. The fourth-order valence-electron chi connectivity index (χ4n) is 3.42. The molecular weight excluding hydrogens is 380 g/mol. The van der Waals surface area contributed by atoms with E-state index in [1.807, 2.05) is 35.2 Å². The number of unbranched alkanes of at least 4 members (excludes halogenated alkanes) is 1. The summed E-state index contributed by atoms with van der Waals surface area (Å²) in [5.74, 6) is 0.722. The van der Waals surface area contributed by atoms with Gasteiger partial charge in [0, 0.05) is 26.2 Å². The van der Waals surface area contributed by atoms with Crippen LogP contribution in [0, 0.1) is 6.07 Å². The van der Waals surface area contributed by atoms with Gasteiger partial charge >= 0.3 is 6.01 Å². The second kappa shape index (κ2) is 10.4. The second-order valence-electron chi connectivity index (χ2n) is 7.39. The molecule has 8 heteroatoms. The summed E-state index contributed by atoms with van der Waals surface area (Å²) in [6.07, 6.45) is 3.86. The summed E-state index contributed by atoms with van der Waals surface area (Å²) >= 11 is 0. The van der Waals surface area contributed by atoms with E-state index in [-0.39, 0.29) is 0 Å². The Balaban J connectivity index is 1.53. The molecule has 1 radical (unpaired) electrons. The van der Waals surface area contributed by atoms with E-state index < -0.39 is 0 Å². The summed E-state index contributed by atoms with van der Waals surface area (Å²) in [6.45, 7) is 8.68. The molecule has 0 unspecified atom stereocenters. The number of imidazole rings is 1. The van der Waals surface area contributed by atoms with Crippen LogP contribution < -0.4 is 10.1 Å². The van der Waals surface area contributed by atoms with Crippen LogP contribution in [0.3, 0.4) is 0 Å². The number of hydrogen-bond donors (Lipinski definition) is 1. The molecule has 0 bridgehead atoms. The smallest absolute Gasteiger partial charge is 0.320 e. The highest BCUT2D eigenvalue weighted by Gasteiger charge is 2.15. The lowest BCUT2D eigenvalue weighted by Gasteiger charge is -2.26. The van der Waals surface area contributed by atoms with E-state index in [0.29, 0.717) is 19.2 Å². The minimum Gasteiger partial charge on any atom is -0.463 e. The molecule has 3 aromatic rings. The third kappa shape index (κ3) is 5.25. The van der Waals surface area contributed by atoms with Crippen molar-refractivity contribution in [1.29, 1.82) is 0 Å². The standard InChI is InChI=1S/C22H29N6O2/c1-2-3-13-30-22-25-20(23-9-10-27-11-14-29-15-12-27)19-21(26-22)28(17-24-19)16-18-7-5-4-6-8-18/h5-8,17H,2-3,9-16H2,1H3,(H,23,25,26). The maximum Gasteiger partial charge on any atom is 0.320 e. The average molecular weight is 410 g/mol. The van der Waals surface area contributed by atoms with Crippen molar-refractivity contribution >= 4 is 17.0 Å². The Hall–Kier alpha value is -2.71. The molecule has 3 heterocycles. The summed E-state index contributed by atoms with van der Waals surface area (Å²) in [6, 6.07) is 11.4. The van der Waals surface area contributed by atoms with Crippen LogP contribution in [-0.4, -0.2) is 70.4 Å². The number of rotatable bonds is 10. The number of nitrogens with zero attached hydrogens (tertiary/aromatic N) is 5. The molecule has 0 aliphatic carbocycles. The van der Waals surface area contributed by atoms with Gasteiger partial charge in [-0.3, -0.25) is 4.90 Å². The molecule has 8 nitrogen and oxygen atoms in total. The molecule has 1 aromatic carbocycles. The molecule has 2 aromatic heterocycles. The Labute approximate surface area is 177 Å². The first-order chi connectivity index (χ1) is 14.8. The van der Waals surface area contributed by atoms with Crippen molar-refractivity contribution in [2.24, 2.45) is 0 Å². The Kier molecular flexibility index (Phi) is 7.10. The molecule has 1 saturated heterocycles. The Morgan fingerprint density at radius 2 is 2.03 bits per heavy atom. The number of hydrogen-bond acceptors (Lipinski definition) is 7. The van der Waals surface area contributed by atoms with Crippen molar-refractivity contribution in [3.05, 3.63) is 42.2 Å². The predicted octanol–water partition coefficient (Wildman–Crippen LogP) is 2.60. The van der Waals surface area contributed by atoms with Gasteiger partial charge in [0.05, 0.1) is 32.7 Å². The summed E-state index contributed by atoms with van der Waals surface area (Å²) in [4.78, 5) is 16.2. The Morgan fingerprint density at radius 1 is 1.20 bits per heavy atom. The van der Waals surface area contributed by atoms with Gasteiger partial charge in [0.1, 0.15) is 0 Å². The maximum absolute atomic E-state index is 5.83. The monoisotopic (exact) mass is 409 g/mol. The van der Waals surface area contributed by atoms with Crippen molar-refractivity contribution in [3.8, 4) is 6.01 Å². The van der Waals surface area contributed by atoms with Crippen LogP contribution in [0.2, 0.25) is 0 Å². The minimum atomic E-state index is 0.396. The minimum absolute atomic E-state index is 0.396. The van der Waals surface area contributed by atoms with E-state index in [1.54, 1.807) is 0 Å². The number of fused-ring (bicyclic) bond motifs is 1.